The Hall–Kier alpha value is -2.43. The van der Waals surface area contributed by atoms with Crippen LogP contribution in [0.4, 0.5) is 0 Å². The monoisotopic (exact) mass is 890 g/mol. The lowest BCUT2D eigenvalue weighted by atomic mass is 9.32. The lowest BCUT2D eigenvalue weighted by Crippen LogP contribution is -2.77. The standard InChI is InChI=1S/C51H75N3O10/c1-5-7-29-9-12-31-36(13-10-29)64-43-39(31)33(56)8-6-16-51(43,63)45(4,60)37-15-17-50(62)42-40(54-24-28(2)55)41(59)32-22-34(57)35(58)23-47(32)27-46(30-11-14-38(52)53-25-30)18-20-48(61,26-44(37,50)3)49(42,47)21-19-46/h11,14,18-21,25,28-29,31-39,43,53-58,60-63H,5-10,12-13,15-17,22-24,26-27,52H2,1-4H3/t28-,29-,31+,32-,33+,34+,35-,36+,37-,38?,39+,43+,44+,45+,46+,47+,48-,49-,50+,51+/m0/s1. The molecule has 1 saturated heterocycles. The van der Waals surface area contributed by atoms with Crippen molar-refractivity contribution in [2.75, 3.05) is 6.54 Å². The Bertz CT molecular complexity index is 2070. The zero-order chi connectivity index (χ0) is 45.6. The first kappa shape index (κ1) is 45.4. The number of Topliss-reactive ketones (excluding diaryl/α,β-unsaturated/α-hetero) is 1. The number of aliphatic hydroxyl groups is 8. The summed E-state index contributed by atoms with van der Waals surface area (Å²) in [5.74, 6) is -1.84. The van der Waals surface area contributed by atoms with Gasteiger partial charge in [0.25, 0.3) is 0 Å². The zero-order valence-corrected chi connectivity index (χ0v) is 38.3. The van der Waals surface area contributed by atoms with Crippen LogP contribution in [0.5, 0.6) is 0 Å². The van der Waals surface area contributed by atoms with Gasteiger partial charge in [-0.05, 0) is 120 Å². The number of carbonyl (C=O) groups excluding carboxylic acids is 1. The highest BCUT2D eigenvalue weighted by Crippen LogP contribution is 2.81. The van der Waals surface area contributed by atoms with Gasteiger partial charge in [-0.25, -0.2) is 0 Å². The summed E-state index contributed by atoms with van der Waals surface area (Å²) in [4.78, 5) is 15.6. The summed E-state index contributed by atoms with van der Waals surface area (Å²) >= 11 is 0. The van der Waals surface area contributed by atoms with Crippen LogP contribution in [0.1, 0.15) is 124 Å². The smallest absolute Gasteiger partial charge is 0.182 e. The number of ether oxygens (including phenoxy) is 1. The molecule has 12 N–H and O–H groups in total. The molecule has 6 fully saturated rings. The van der Waals surface area contributed by atoms with E-state index in [1.165, 1.54) is 0 Å². The molecule has 0 radical (unpaired) electrons. The van der Waals surface area contributed by atoms with Crippen molar-refractivity contribution in [1.82, 2.24) is 10.6 Å². The third-order valence-corrected chi connectivity index (χ3v) is 20.0. The van der Waals surface area contributed by atoms with E-state index < -0.39 is 92.6 Å². The average Bonchev–Trinajstić information content (AvgIpc) is 3.52. The molecular formula is C51H75N3O10. The topological polar surface area (TPSA) is 238 Å². The molecule has 0 aromatic rings. The Morgan fingerprint density at radius 2 is 1.73 bits per heavy atom. The molecule has 0 amide bonds. The summed E-state index contributed by atoms with van der Waals surface area (Å²) in [6.07, 6.45) is 15.6. The van der Waals surface area contributed by atoms with Crippen LogP contribution in [0, 0.1) is 51.2 Å². The number of carbonyl (C=O) groups is 1. The number of fused-ring (bicyclic) bond motifs is 5. The number of hydrogen-bond donors (Lipinski definition) is 11. The number of hydrogen-bond acceptors (Lipinski definition) is 13. The molecule has 13 heteroatoms. The van der Waals surface area contributed by atoms with Crippen LogP contribution in [0.25, 0.3) is 0 Å². The van der Waals surface area contributed by atoms with E-state index in [9.17, 15) is 40.9 Å². The quantitative estimate of drug-likeness (QED) is 0.158. The lowest BCUT2D eigenvalue weighted by molar-refractivity contribution is -0.270. The summed E-state index contributed by atoms with van der Waals surface area (Å²) in [6, 6.07) is 0. The predicted molar refractivity (Wildman–Crippen MR) is 238 cm³/mol. The maximum Gasteiger partial charge on any atom is 0.182 e. The molecule has 11 aliphatic rings. The van der Waals surface area contributed by atoms with Gasteiger partial charge in [-0.2, -0.15) is 0 Å². The first-order chi connectivity index (χ1) is 30.2. The summed E-state index contributed by atoms with van der Waals surface area (Å²) in [5.41, 5.74) is -5.02. The zero-order valence-electron chi connectivity index (χ0n) is 38.3. The molecule has 5 saturated carbocycles. The number of nitrogens with two attached hydrogens (primary N) is 1. The number of aliphatic hydroxyl groups excluding tert-OH is 4. The van der Waals surface area contributed by atoms with Gasteiger partial charge in [-0.15, -0.1) is 0 Å². The lowest BCUT2D eigenvalue weighted by Gasteiger charge is -2.72. The van der Waals surface area contributed by atoms with Crippen molar-refractivity contribution in [3.8, 4) is 0 Å². The van der Waals surface area contributed by atoms with E-state index in [4.69, 9.17) is 10.5 Å². The first-order valence-corrected chi connectivity index (χ1v) is 24.8. The van der Waals surface area contributed by atoms with E-state index >= 15 is 4.79 Å². The fourth-order valence-electron chi connectivity index (χ4n) is 17.1. The molecule has 64 heavy (non-hydrogen) atoms. The highest BCUT2D eigenvalue weighted by atomic mass is 16.5. The number of ketones is 1. The average molecular weight is 890 g/mol. The molecule has 20 atom stereocenters. The van der Waals surface area contributed by atoms with Crippen LogP contribution >= 0.6 is 0 Å². The second kappa shape index (κ2) is 15.0. The highest BCUT2D eigenvalue weighted by Gasteiger charge is 2.83. The van der Waals surface area contributed by atoms with Gasteiger partial charge in [0.15, 0.2) is 5.78 Å². The van der Waals surface area contributed by atoms with E-state index in [1.54, 1.807) is 13.8 Å². The minimum Gasteiger partial charge on any atom is -0.393 e. The van der Waals surface area contributed by atoms with Crippen molar-refractivity contribution in [3.05, 3.63) is 59.5 Å². The third-order valence-electron chi connectivity index (χ3n) is 20.0. The summed E-state index contributed by atoms with van der Waals surface area (Å²) in [6.45, 7) is 7.33. The van der Waals surface area contributed by atoms with Crippen LogP contribution in [0.3, 0.4) is 0 Å². The number of allylic oxidation sites excluding steroid dienone is 5. The van der Waals surface area contributed by atoms with E-state index in [2.05, 4.69) is 23.6 Å². The van der Waals surface area contributed by atoms with Crippen LogP contribution < -0.4 is 16.4 Å². The normalized spacial score (nSPS) is 52.7. The van der Waals surface area contributed by atoms with Crippen molar-refractivity contribution in [3.63, 3.8) is 0 Å². The third kappa shape index (κ3) is 5.81. The fraction of sp³-hybridized carbons (Fsp3) is 0.784. The molecule has 2 heterocycles. The van der Waals surface area contributed by atoms with Crippen LogP contribution in [-0.2, 0) is 9.53 Å². The second-order valence-corrected chi connectivity index (χ2v) is 23.1. The van der Waals surface area contributed by atoms with E-state index in [0.29, 0.717) is 18.8 Å². The molecule has 1 unspecified atom stereocenters. The Kier molecular flexibility index (Phi) is 10.7. The van der Waals surface area contributed by atoms with Crippen molar-refractivity contribution < 1.29 is 50.4 Å². The van der Waals surface area contributed by atoms with Crippen molar-refractivity contribution in [1.29, 1.82) is 0 Å². The van der Waals surface area contributed by atoms with Crippen LogP contribution in [-0.4, -0.2) is 118 Å². The minimum absolute atomic E-state index is 0.0320. The maximum atomic E-state index is 15.6. The van der Waals surface area contributed by atoms with Gasteiger partial charge in [-0.1, -0.05) is 63.5 Å². The van der Waals surface area contributed by atoms with Crippen molar-refractivity contribution >= 4 is 5.78 Å². The Morgan fingerprint density at radius 3 is 2.45 bits per heavy atom. The molecule has 354 valence electrons. The van der Waals surface area contributed by atoms with E-state index in [0.717, 1.165) is 44.1 Å². The largest absolute Gasteiger partial charge is 0.393 e. The molecule has 2 aliphatic heterocycles. The van der Waals surface area contributed by atoms with Gasteiger partial charge in [0.05, 0.1) is 70.7 Å². The molecule has 2 spiro atoms. The molecule has 13 nitrogen and oxygen atoms in total. The van der Waals surface area contributed by atoms with E-state index in [1.807, 2.05) is 43.5 Å². The van der Waals surface area contributed by atoms with Gasteiger partial charge in [-0.3, -0.25) is 4.79 Å². The number of dihydropyridines is 1. The molecule has 9 aliphatic carbocycles. The molecule has 2 bridgehead atoms. The number of nitrogens with one attached hydrogen (secondary N) is 2. The van der Waals surface area contributed by atoms with Gasteiger partial charge in [0.1, 0.15) is 5.60 Å². The van der Waals surface area contributed by atoms with Gasteiger partial charge in [0.2, 0.25) is 0 Å². The van der Waals surface area contributed by atoms with Gasteiger partial charge >= 0.3 is 0 Å². The second-order valence-electron chi connectivity index (χ2n) is 23.1. The van der Waals surface area contributed by atoms with Gasteiger partial charge in [0, 0.05) is 46.4 Å². The summed E-state index contributed by atoms with van der Waals surface area (Å²) in [7, 11) is 0. The summed E-state index contributed by atoms with van der Waals surface area (Å²) in [5, 5.41) is 108. The van der Waals surface area contributed by atoms with E-state index in [-0.39, 0.29) is 86.5 Å². The Morgan fingerprint density at radius 1 is 0.984 bits per heavy atom. The van der Waals surface area contributed by atoms with Gasteiger partial charge < -0.3 is 62.0 Å². The summed E-state index contributed by atoms with van der Waals surface area (Å²) < 4.78 is 6.99. The number of rotatable bonds is 8. The first-order valence-electron chi connectivity index (χ1n) is 24.8. The van der Waals surface area contributed by atoms with Crippen molar-refractivity contribution in [2.24, 2.45) is 57.0 Å². The molecular weight excluding hydrogens is 815 g/mol. The fourth-order valence-corrected chi connectivity index (χ4v) is 17.1. The maximum absolute atomic E-state index is 15.6. The molecule has 11 rings (SSSR count). The predicted octanol–water partition coefficient (Wildman–Crippen LogP) is 3.04. The Balaban J connectivity index is 1.14. The SMILES string of the molecule is CCC[C@H]1CC[C@H]2[C@@H]3[C@H](O)CCC[C@](O)([C@](C)(O)[C@H]4CC[C@@]5(O)C6=C(NC[C@H](C)O)C(=O)[C@@H]7C[C@@H](O)[C@@H](O)C[C@@]78C[C@]7(C9=CNC(N)C=C9)C=C[C@]68[C@](O)(C=C7)C[C@]45C)[C@@H]3O[C@@H]2CC1. The minimum atomic E-state index is -1.92. The Labute approximate surface area is 378 Å². The van der Waals surface area contributed by atoms with Crippen molar-refractivity contribution in [2.45, 2.75) is 189 Å². The van der Waals surface area contributed by atoms with Crippen LogP contribution in [0.2, 0.25) is 0 Å². The molecule has 0 aromatic carbocycles. The molecule has 0 aromatic heterocycles. The highest BCUT2D eigenvalue weighted by molar-refractivity contribution is 6.01. The van der Waals surface area contributed by atoms with Crippen LogP contribution in [0.15, 0.2) is 59.5 Å².